The number of H-pyrrole nitrogens is 1. The summed E-state index contributed by atoms with van der Waals surface area (Å²) >= 11 is 0. The fraction of sp³-hybridized carbons (Fsp3) is 0.357. The summed E-state index contributed by atoms with van der Waals surface area (Å²) in [5.41, 5.74) is -1.06. The van der Waals surface area contributed by atoms with E-state index >= 15 is 0 Å². The lowest BCUT2D eigenvalue weighted by molar-refractivity contribution is -0.141. The van der Waals surface area contributed by atoms with E-state index < -0.39 is 23.3 Å². The minimum absolute atomic E-state index is 0.0826. The standard InChI is InChI=1S/C14H14F3N5O2/c15-14(16,17)11-2-1-10(13(24)20-11)12(23)19-6-8-5-9-7-18-3-4-22(9)21-8/h1-2,5,18H,3-4,6-7H2,(H,19,23)(H,20,24). The second-order valence-corrected chi connectivity index (χ2v) is 5.32. The molecule has 10 heteroatoms. The van der Waals surface area contributed by atoms with E-state index in [9.17, 15) is 22.8 Å². The Morgan fingerprint density at radius 2 is 2.17 bits per heavy atom. The van der Waals surface area contributed by atoms with Crippen molar-refractivity contribution in [2.75, 3.05) is 6.54 Å². The Kier molecular flexibility index (Phi) is 4.14. The van der Waals surface area contributed by atoms with Crippen molar-refractivity contribution in [2.24, 2.45) is 0 Å². The number of halogens is 3. The van der Waals surface area contributed by atoms with Crippen molar-refractivity contribution in [1.82, 2.24) is 25.4 Å². The highest BCUT2D eigenvalue weighted by molar-refractivity contribution is 5.93. The van der Waals surface area contributed by atoms with Crippen LogP contribution in [0.1, 0.15) is 27.4 Å². The Labute approximate surface area is 133 Å². The lowest BCUT2D eigenvalue weighted by Gasteiger charge is -2.13. The molecule has 3 heterocycles. The fourth-order valence-corrected chi connectivity index (χ4v) is 2.42. The van der Waals surface area contributed by atoms with E-state index in [4.69, 9.17) is 0 Å². The summed E-state index contributed by atoms with van der Waals surface area (Å²) in [4.78, 5) is 25.3. The van der Waals surface area contributed by atoms with Crippen LogP contribution in [0.4, 0.5) is 13.2 Å². The van der Waals surface area contributed by atoms with Gasteiger partial charge in [0, 0.05) is 13.1 Å². The van der Waals surface area contributed by atoms with E-state index in [-0.39, 0.29) is 12.1 Å². The molecule has 0 unspecified atom stereocenters. The van der Waals surface area contributed by atoms with Gasteiger partial charge in [0.05, 0.1) is 24.5 Å². The number of nitrogens with one attached hydrogen (secondary N) is 3. The van der Waals surface area contributed by atoms with Gasteiger partial charge in [-0.1, -0.05) is 0 Å². The maximum atomic E-state index is 12.5. The Morgan fingerprint density at radius 3 is 2.83 bits per heavy atom. The summed E-state index contributed by atoms with van der Waals surface area (Å²) in [6, 6.07) is 3.35. The van der Waals surface area contributed by atoms with Crippen LogP contribution >= 0.6 is 0 Å². The van der Waals surface area contributed by atoms with Gasteiger partial charge in [-0.2, -0.15) is 18.3 Å². The molecule has 3 N–H and O–H groups in total. The number of hydrogen-bond acceptors (Lipinski definition) is 4. The maximum absolute atomic E-state index is 12.5. The smallest absolute Gasteiger partial charge is 0.346 e. The maximum Gasteiger partial charge on any atom is 0.431 e. The molecule has 0 radical (unpaired) electrons. The van der Waals surface area contributed by atoms with Crippen molar-refractivity contribution >= 4 is 5.91 Å². The van der Waals surface area contributed by atoms with Gasteiger partial charge in [0.25, 0.3) is 11.5 Å². The van der Waals surface area contributed by atoms with E-state index in [0.717, 1.165) is 24.8 Å². The molecule has 0 bridgehead atoms. The van der Waals surface area contributed by atoms with E-state index in [1.165, 1.54) is 0 Å². The first kappa shape index (κ1) is 16.2. The molecule has 128 valence electrons. The predicted octanol–water partition coefficient (Wildman–Crippen LogP) is 0.623. The zero-order valence-corrected chi connectivity index (χ0v) is 12.4. The lowest BCUT2D eigenvalue weighted by atomic mass is 10.2. The average molecular weight is 341 g/mol. The van der Waals surface area contributed by atoms with Crippen LogP contribution in [-0.4, -0.2) is 27.2 Å². The van der Waals surface area contributed by atoms with E-state index in [1.54, 1.807) is 4.98 Å². The van der Waals surface area contributed by atoms with Crippen molar-refractivity contribution < 1.29 is 18.0 Å². The second kappa shape index (κ2) is 6.11. The molecule has 1 aliphatic heterocycles. The zero-order chi connectivity index (χ0) is 17.3. The first-order valence-electron chi connectivity index (χ1n) is 7.19. The van der Waals surface area contributed by atoms with Gasteiger partial charge in [-0.3, -0.25) is 14.3 Å². The van der Waals surface area contributed by atoms with Gasteiger partial charge in [0.1, 0.15) is 11.3 Å². The molecule has 24 heavy (non-hydrogen) atoms. The van der Waals surface area contributed by atoms with Gasteiger partial charge in [-0.25, -0.2) is 0 Å². The third-order valence-electron chi connectivity index (χ3n) is 3.61. The Bertz CT molecular complexity index is 801. The third kappa shape index (κ3) is 3.32. The summed E-state index contributed by atoms with van der Waals surface area (Å²) in [5.74, 6) is -0.755. The van der Waals surface area contributed by atoms with Gasteiger partial charge in [-0.05, 0) is 18.2 Å². The van der Waals surface area contributed by atoms with Crippen LogP contribution in [0.15, 0.2) is 23.0 Å². The Balaban J connectivity index is 1.69. The highest BCUT2D eigenvalue weighted by Gasteiger charge is 2.32. The molecule has 0 spiro atoms. The number of aromatic amines is 1. The topological polar surface area (TPSA) is 91.8 Å². The second-order valence-electron chi connectivity index (χ2n) is 5.32. The summed E-state index contributed by atoms with van der Waals surface area (Å²) < 4.78 is 39.3. The van der Waals surface area contributed by atoms with Crippen LogP contribution in [0.3, 0.4) is 0 Å². The van der Waals surface area contributed by atoms with Gasteiger partial charge in [-0.15, -0.1) is 0 Å². The van der Waals surface area contributed by atoms with Crippen molar-refractivity contribution in [1.29, 1.82) is 0 Å². The molecule has 0 aliphatic carbocycles. The number of amides is 1. The van der Waals surface area contributed by atoms with E-state index in [1.807, 2.05) is 10.7 Å². The fourth-order valence-electron chi connectivity index (χ4n) is 2.42. The lowest BCUT2D eigenvalue weighted by Crippen LogP contribution is -2.30. The van der Waals surface area contributed by atoms with Crippen LogP contribution in [0, 0.1) is 0 Å². The van der Waals surface area contributed by atoms with Crippen LogP contribution in [-0.2, 0) is 25.8 Å². The number of aromatic nitrogens is 3. The molecule has 0 atom stereocenters. The Hall–Kier alpha value is -2.62. The molecule has 0 saturated heterocycles. The van der Waals surface area contributed by atoms with Gasteiger partial charge in [0.2, 0.25) is 0 Å². The molecule has 0 saturated carbocycles. The monoisotopic (exact) mass is 341 g/mol. The molecule has 2 aromatic rings. The summed E-state index contributed by atoms with van der Waals surface area (Å²) in [5, 5.41) is 9.98. The zero-order valence-electron chi connectivity index (χ0n) is 12.4. The SMILES string of the molecule is O=C(NCc1cc2n(n1)CCNC2)c1ccc(C(F)(F)F)[nH]c1=O. The van der Waals surface area contributed by atoms with E-state index in [0.29, 0.717) is 18.3 Å². The molecule has 7 nitrogen and oxygen atoms in total. The molecule has 1 aliphatic rings. The first-order valence-corrected chi connectivity index (χ1v) is 7.19. The van der Waals surface area contributed by atoms with Crippen LogP contribution in [0.5, 0.6) is 0 Å². The number of hydrogen-bond donors (Lipinski definition) is 3. The molecule has 0 aromatic carbocycles. The van der Waals surface area contributed by atoms with Crippen molar-refractivity contribution in [3.63, 3.8) is 0 Å². The van der Waals surface area contributed by atoms with Crippen LogP contribution in [0.25, 0.3) is 0 Å². The van der Waals surface area contributed by atoms with Gasteiger partial charge >= 0.3 is 6.18 Å². The largest absolute Gasteiger partial charge is 0.431 e. The number of carbonyl (C=O) groups excluding carboxylic acids is 1. The van der Waals surface area contributed by atoms with Crippen molar-refractivity contribution in [2.45, 2.75) is 25.8 Å². The minimum Gasteiger partial charge on any atom is -0.346 e. The van der Waals surface area contributed by atoms with E-state index in [2.05, 4.69) is 15.7 Å². The van der Waals surface area contributed by atoms with Crippen molar-refractivity contribution in [3.05, 3.63) is 51.2 Å². The molecular formula is C14H14F3N5O2. The number of rotatable bonds is 3. The average Bonchev–Trinajstić information content (AvgIpc) is 2.94. The van der Waals surface area contributed by atoms with Gasteiger partial charge in [0.15, 0.2) is 0 Å². The number of pyridine rings is 1. The first-order chi connectivity index (χ1) is 11.3. The summed E-state index contributed by atoms with van der Waals surface area (Å²) in [7, 11) is 0. The summed E-state index contributed by atoms with van der Waals surface area (Å²) in [6.45, 7) is 2.29. The number of nitrogens with zero attached hydrogens (tertiary/aromatic N) is 2. The van der Waals surface area contributed by atoms with Crippen LogP contribution in [0.2, 0.25) is 0 Å². The van der Waals surface area contributed by atoms with Gasteiger partial charge < -0.3 is 15.6 Å². The molecule has 0 fully saturated rings. The molecular weight excluding hydrogens is 327 g/mol. The minimum atomic E-state index is -4.67. The number of carbonyl (C=O) groups is 1. The molecule has 3 rings (SSSR count). The highest BCUT2D eigenvalue weighted by Crippen LogP contribution is 2.26. The highest BCUT2D eigenvalue weighted by atomic mass is 19.4. The normalized spacial score (nSPS) is 14.3. The quantitative estimate of drug-likeness (QED) is 0.763. The van der Waals surface area contributed by atoms with Crippen LogP contribution < -0.4 is 16.2 Å². The molecule has 2 aromatic heterocycles. The molecule has 1 amide bonds. The Morgan fingerprint density at radius 1 is 1.38 bits per heavy atom. The third-order valence-corrected chi connectivity index (χ3v) is 3.61. The summed E-state index contributed by atoms with van der Waals surface area (Å²) in [6.07, 6.45) is -4.67. The predicted molar refractivity (Wildman–Crippen MR) is 77.2 cm³/mol. The number of fused-ring (bicyclic) bond motifs is 1. The van der Waals surface area contributed by atoms with Crippen molar-refractivity contribution in [3.8, 4) is 0 Å². The number of alkyl halides is 3.